The van der Waals surface area contributed by atoms with Crippen molar-refractivity contribution < 1.29 is 18.0 Å². The van der Waals surface area contributed by atoms with Gasteiger partial charge < -0.3 is 9.80 Å². The first-order chi connectivity index (χ1) is 9.62. The fourth-order valence-electron chi connectivity index (χ4n) is 2.51. The summed E-state index contributed by atoms with van der Waals surface area (Å²) in [6.45, 7) is 6.56. The summed E-state index contributed by atoms with van der Waals surface area (Å²) in [5.41, 5.74) is 0. The lowest BCUT2D eigenvalue weighted by atomic mass is 10.2. The summed E-state index contributed by atoms with van der Waals surface area (Å²) in [5, 5.41) is 0. The molecule has 0 bridgehead atoms. The normalized spacial score (nSPS) is 20.5. The van der Waals surface area contributed by atoms with E-state index in [1.807, 2.05) is 13.8 Å². The maximum Gasteiger partial charge on any atom is 0.224 e. The van der Waals surface area contributed by atoms with Crippen molar-refractivity contribution in [3.8, 4) is 0 Å². The van der Waals surface area contributed by atoms with Crippen LogP contribution in [-0.2, 0) is 19.4 Å². The van der Waals surface area contributed by atoms with Gasteiger partial charge in [-0.1, -0.05) is 13.8 Å². The van der Waals surface area contributed by atoms with Gasteiger partial charge in [-0.15, -0.1) is 0 Å². The van der Waals surface area contributed by atoms with E-state index < -0.39 is 9.84 Å². The molecule has 1 atom stereocenters. The van der Waals surface area contributed by atoms with Crippen LogP contribution < -0.4 is 0 Å². The molecular formula is C14H26N2O4S. The zero-order chi connectivity index (χ0) is 16.2. The third-order valence-electron chi connectivity index (χ3n) is 3.78. The van der Waals surface area contributed by atoms with Crippen molar-refractivity contribution in [2.75, 3.05) is 31.6 Å². The van der Waals surface area contributed by atoms with Gasteiger partial charge in [-0.2, -0.15) is 0 Å². The summed E-state index contributed by atoms with van der Waals surface area (Å²) in [6, 6.07) is -0.224. The topological polar surface area (TPSA) is 74.8 Å². The molecule has 2 amide bonds. The molecule has 1 aliphatic rings. The van der Waals surface area contributed by atoms with Gasteiger partial charge in [0.15, 0.2) is 9.84 Å². The molecule has 6 nitrogen and oxygen atoms in total. The third-order valence-corrected chi connectivity index (χ3v) is 5.53. The molecule has 1 heterocycles. The smallest absolute Gasteiger partial charge is 0.224 e. The monoisotopic (exact) mass is 318 g/mol. The molecule has 0 radical (unpaired) electrons. The molecule has 1 aliphatic heterocycles. The number of sulfone groups is 1. The van der Waals surface area contributed by atoms with Gasteiger partial charge in [0.2, 0.25) is 11.8 Å². The highest BCUT2D eigenvalue weighted by atomic mass is 32.2. The summed E-state index contributed by atoms with van der Waals surface area (Å²) in [5.74, 6) is 0.413. The number of hydrogen-bond donors (Lipinski definition) is 0. The van der Waals surface area contributed by atoms with Gasteiger partial charge >= 0.3 is 0 Å². The minimum absolute atomic E-state index is 0.0393. The van der Waals surface area contributed by atoms with Crippen LogP contribution in [0.15, 0.2) is 0 Å². The lowest BCUT2D eigenvalue weighted by Crippen LogP contribution is -2.41. The van der Waals surface area contributed by atoms with E-state index in [0.717, 1.165) is 0 Å². The van der Waals surface area contributed by atoms with Crippen molar-refractivity contribution in [1.29, 1.82) is 0 Å². The quantitative estimate of drug-likeness (QED) is 0.716. The van der Waals surface area contributed by atoms with E-state index in [0.29, 0.717) is 25.4 Å². The maximum atomic E-state index is 12.1. The highest BCUT2D eigenvalue weighted by molar-refractivity contribution is 7.91. The minimum atomic E-state index is -2.99. The molecule has 0 saturated carbocycles. The zero-order valence-electron chi connectivity index (χ0n) is 13.3. The second-order valence-corrected chi connectivity index (χ2v) is 8.40. The Kier molecular flexibility index (Phi) is 6.19. The van der Waals surface area contributed by atoms with Gasteiger partial charge in [0.25, 0.3) is 0 Å². The largest absolute Gasteiger partial charge is 0.342 e. The van der Waals surface area contributed by atoms with E-state index >= 15 is 0 Å². The lowest BCUT2D eigenvalue weighted by Gasteiger charge is -2.26. The minimum Gasteiger partial charge on any atom is -0.342 e. The van der Waals surface area contributed by atoms with Crippen molar-refractivity contribution in [2.45, 2.75) is 39.7 Å². The summed E-state index contributed by atoms with van der Waals surface area (Å²) in [6.07, 6.45) is 0.742. The number of carbonyl (C=O) groups is 2. The molecule has 21 heavy (non-hydrogen) atoms. The van der Waals surface area contributed by atoms with Crippen LogP contribution >= 0.6 is 0 Å². The first-order valence-corrected chi connectivity index (χ1v) is 9.16. The van der Waals surface area contributed by atoms with Crippen LogP contribution in [0.3, 0.4) is 0 Å². The third kappa shape index (κ3) is 5.65. The predicted octanol–water partition coefficient (Wildman–Crippen LogP) is 0.527. The van der Waals surface area contributed by atoms with Gasteiger partial charge in [0, 0.05) is 39.5 Å². The van der Waals surface area contributed by atoms with Crippen LogP contribution in [0.5, 0.6) is 0 Å². The van der Waals surface area contributed by atoms with Crippen LogP contribution in [0.2, 0.25) is 0 Å². The Morgan fingerprint density at radius 2 is 1.90 bits per heavy atom. The molecule has 0 aromatic carbocycles. The zero-order valence-corrected chi connectivity index (χ0v) is 14.1. The molecule has 7 heteroatoms. The standard InChI is InChI=1S/C14H26N2O4S/c1-11(2)9-16(12(3)17)7-5-14(18)15(4)13-6-8-21(19,20)10-13/h11,13H,5-10H2,1-4H3. The van der Waals surface area contributed by atoms with Crippen LogP contribution in [0, 0.1) is 5.92 Å². The summed E-state index contributed by atoms with van der Waals surface area (Å²) in [7, 11) is -1.35. The first kappa shape index (κ1) is 17.9. The van der Waals surface area contributed by atoms with Gasteiger partial charge in [-0.25, -0.2) is 8.42 Å². The molecule has 1 rings (SSSR count). The highest BCUT2D eigenvalue weighted by Crippen LogP contribution is 2.17. The fourth-order valence-corrected chi connectivity index (χ4v) is 4.28. The second-order valence-electron chi connectivity index (χ2n) is 6.17. The SMILES string of the molecule is CC(=O)N(CCC(=O)N(C)C1CCS(=O)(=O)C1)CC(C)C. The molecule has 1 fully saturated rings. The Morgan fingerprint density at radius 3 is 2.33 bits per heavy atom. The van der Waals surface area contributed by atoms with E-state index in [4.69, 9.17) is 0 Å². The van der Waals surface area contributed by atoms with Gasteiger partial charge in [-0.3, -0.25) is 9.59 Å². The van der Waals surface area contributed by atoms with Crippen molar-refractivity contribution >= 4 is 21.7 Å². The van der Waals surface area contributed by atoms with Crippen LogP contribution in [0.4, 0.5) is 0 Å². The highest BCUT2D eigenvalue weighted by Gasteiger charge is 2.32. The summed E-state index contributed by atoms with van der Waals surface area (Å²) < 4.78 is 22.9. The van der Waals surface area contributed by atoms with Crippen molar-refractivity contribution in [3.63, 3.8) is 0 Å². The number of hydrogen-bond acceptors (Lipinski definition) is 4. The van der Waals surface area contributed by atoms with Crippen LogP contribution in [0.25, 0.3) is 0 Å². The molecule has 0 aliphatic carbocycles. The molecule has 1 unspecified atom stereocenters. The van der Waals surface area contributed by atoms with E-state index in [1.54, 1.807) is 11.9 Å². The average molecular weight is 318 g/mol. The summed E-state index contributed by atoms with van der Waals surface area (Å²) >= 11 is 0. The van der Waals surface area contributed by atoms with E-state index in [1.165, 1.54) is 11.8 Å². The fraction of sp³-hybridized carbons (Fsp3) is 0.857. The molecule has 0 N–H and O–H groups in total. The van der Waals surface area contributed by atoms with Crippen molar-refractivity contribution in [1.82, 2.24) is 9.80 Å². The lowest BCUT2D eigenvalue weighted by molar-refractivity contribution is -0.134. The Labute approximate surface area is 127 Å². The van der Waals surface area contributed by atoms with E-state index in [-0.39, 0.29) is 35.8 Å². The first-order valence-electron chi connectivity index (χ1n) is 7.34. The van der Waals surface area contributed by atoms with Gasteiger partial charge in [0.1, 0.15) is 0 Å². The Balaban J connectivity index is 2.50. The number of amides is 2. The Hall–Kier alpha value is -1.11. The molecule has 0 spiro atoms. The molecule has 1 saturated heterocycles. The average Bonchev–Trinajstić information content (AvgIpc) is 2.72. The molecule has 122 valence electrons. The van der Waals surface area contributed by atoms with Crippen LogP contribution in [0.1, 0.15) is 33.6 Å². The number of carbonyl (C=O) groups excluding carboxylic acids is 2. The number of nitrogens with zero attached hydrogens (tertiary/aromatic N) is 2. The maximum absolute atomic E-state index is 12.1. The van der Waals surface area contributed by atoms with Gasteiger partial charge in [-0.05, 0) is 12.3 Å². The predicted molar refractivity (Wildman–Crippen MR) is 81.5 cm³/mol. The van der Waals surface area contributed by atoms with E-state index in [9.17, 15) is 18.0 Å². The molecule has 0 aromatic heterocycles. The second kappa shape index (κ2) is 7.24. The summed E-state index contributed by atoms with van der Waals surface area (Å²) in [4.78, 5) is 26.9. The van der Waals surface area contributed by atoms with Crippen LogP contribution in [-0.4, -0.2) is 67.7 Å². The number of rotatable bonds is 6. The molecular weight excluding hydrogens is 292 g/mol. The Morgan fingerprint density at radius 1 is 1.29 bits per heavy atom. The molecule has 0 aromatic rings. The Bertz CT molecular complexity index is 487. The van der Waals surface area contributed by atoms with Crippen molar-refractivity contribution in [2.24, 2.45) is 5.92 Å². The van der Waals surface area contributed by atoms with Gasteiger partial charge in [0.05, 0.1) is 11.5 Å². The van der Waals surface area contributed by atoms with Crippen molar-refractivity contribution in [3.05, 3.63) is 0 Å². The van der Waals surface area contributed by atoms with E-state index in [2.05, 4.69) is 0 Å².